The average molecular weight is 344 g/mol. The number of hydrogen-bond acceptors (Lipinski definition) is 3. The van der Waals surface area contributed by atoms with Gasteiger partial charge in [-0.2, -0.15) is 12.8 Å². The van der Waals surface area contributed by atoms with E-state index in [9.17, 15) is 13.2 Å². The largest absolute Gasteiger partial charge is 0.288 e. The van der Waals surface area contributed by atoms with Gasteiger partial charge >= 0.3 is 0 Å². The van der Waals surface area contributed by atoms with E-state index < -0.39 is 15.8 Å². The fourth-order valence-corrected chi connectivity index (χ4v) is 3.15. The second-order valence-electron chi connectivity index (χ2n) is 4.55. The van der Waals surface area contributed by atoms with E-state index in [0.717, 1.165) is 5.56 Å². The number of nitrogens with zero attached hydrogens (tertiary/aromatic N) is 1. The fourth-order valence-electron chi connectivity index (χ4n) is 1.68. The standard InChI is InChI=1S/C14H11Cl2NO3S/c1-8-3-5-10(6-4-8)21(19,20)17-11-7-9(2)14(18)13(16)12(11)15/h3-7H,1-2H3/b17-11+. The van der Waals surface area contributed by atoms with Crippen molar-refractivity contribution in [2.45, 2.75) is 18.7 Å². The third-order valence-electron chi connectivity index (χ3n) is 2.87. The summed E-state index contributed by atoms with van der Waals surface area (Å²) in [5, 5.41) is -0.391. The lowest BCUT2D eigenvalue weighted by Gasteiger charge is -2.11. The van der Waals surface area contributed by atoms with E-state index in [-0.39, 0.29) is 26.2 Å². The molecule has 1 aliphatic rings. The van der Waals surface area contributed by atoms with E-state index in [1.54, 1.807) is 12.1 Å². The number of carbonyl (C=O) groups is 1. The van der Waals surface area contributed by atoms with Crippen LogP contribution in [0.2, 0.25) is 0 Å². The maximum Gasteiger partial charge on any atom is 0.282 e. The van der Waals surface area contributed by atoms with Gasteiger partial charge in [-0.1, -0.05) is 40.9 Å². The van der Waals surface area contributed by atoms with Crippen molar-refractivity contribution in [3.8, 4) is 0 Å². The van der Waals surface area contributed by atoms with E-state index in [1.165, 1.54) is 25.1 Å². The van der Waals surface area contributed by atoms with Crippen molar-refractivity contribution in [2.24, 2.45) is 4.40 Å². The first-order valence-corrected chi connectivity index (χ1v) is 8.12. The van der Waals surface area contributed by atoms with Crippen molar-refractivity contribution in [3.63, 3.8) is 0 Å². The minimum atomic E-state index is -3.92. The van der Waals surface area contributed by atoms with Crippen molar-refractivity contribution in [1.82, 2.24) is 0 Å². The summed E-state index contributed by atoms with van der Waals surface area (Å²) in [6.45, 7) is 3.36. The summed E-state index contributed by atoms with van der Waals surface area (Å²) in [6.07, 6.45) is 1.31. The van der Waals surface area contributed by atoms with Gasteiger partial charge in [0.1, 0.15) is 5.03 Å². The normalized spacial score (nSPS) is 18.2. The van der Waals surface area contributed by atoms with Gasteiger partial charge < -0.3 is 0 Å². The van der Waals surface area contributed by atoms with Gasteiger partial charge in [0.25, 0.3) is 10.0 Å². The number of allylic oxidation sites excluding steroid dienone is 4. The first-order valence-electron chi connectivity index (χ1n) is 5.92. The quantitative estimate of drug-likeness (QED) is 0.773. The summed E-state index contributed by atoms with van der Waals surface area (Å²) < 4.78 is 28.1. The smallest absolute Gasteiger partial charge is 0.282 e. The van der Waals surface area contributed by atoms with Gasteiger partial charge in [0.15, 0.2) is 0 Å². The van der Waals surface area contributed by atoms with Gasteiger partial charge in [-0.3, -0.25) is 4.79 Å². The lowest BCUT2D eigenvalue weighted by atomic mass is 10.0. The lowest BCUT2D eigenvalue weighted by Crippen LogP contribution is -2.14. The first-order chi connectivity index (χ1) is 9.72. The lowest BCUT2D eigenvalue weighted by molar-refractivity contribution is -0.111. The zero-order valence-electron chi connectivity index (χ0n) is 11.2. The molecule has 0 atom stereocenters. The highest BCUT2D eigenvalue weighted by Crippen LogP contribution is 2.27. The molecule has 0 spiro atoms. The van der Waals surface area contributed by atoms with Crippen LogP contribution in [0.5, 0.6) is 0 Å². The molecule has 0 unspecified atom stereocenters. The molecule has 0 amide bonds. The predicted octanol–water partition coefficient (Wildman–Crippen LogP) is 3.34. The van der Waals surface area contributed by atoms with Gasteiger partial charge in [-0.25, -0.2) is 0 Å². The summed E-state index contributed by atoms with van der Waals surface area (Å²) in [5.74, 6) is -0.437. The number of Topliss-reactive ketones (excluding diaryl/α,β-unsaturated/α-hetero) is 1. The van der Waals surface area contributed by atoms with Crippen LogP contribution in [0.1, 0.15) is 12.5 Å². The van der Waals surface area contributed by atoms with Crippen LogP contribution in [0.3, 0.4) is 0 Å². The number of aryl methyl sites for hydroxylation is 1. The van der Waals surface area contributed by atoms with E-state index in [2.05, 4.69) is 4.40 Å². The molecule has 0 aromatic heterocycles. The Morgan fingerprint density at radius 2 is 1.57 bits per heavy atom. The van der Waals surface area contributed by atoms with Crippen LogP contribution in [-0.4, -0.2) is 19.9 Å². The van der Waals surface area contributed by atoms with Crippen LogP contribution in [0.25, 0.3) is 0 Å². The molecule has 0 fully saturated rings. The highest BCUT2D eigenvalue weighted by atomic mass is 35.5. The van der Waals surface area contributed by atoms with Crippen LogP contribution >= 0.6 is 23.2 Å². The van der Waals surface area contributed by atoms with Crippen LogP contribution in [0.15, 0.2) is 55.3 Å². The molecule has 4 nitrogen and oxygen atoms in total. The van der Waals surface area contributed by atoms with Gasteiger partial charge in [-0.15, -0.1) is 0 Å². The summed E-state index contributed by atoms with van der Waals surface area (Å²) in [7, 11) is -3.92. The highest BCUT2D eigenvalue weighted by Gasteiger charge is 2.24. The SMILES string of the molecule is CC1=C/C(=N\S(=O)(=O)c2ccc(C)cc2)C(Cl)=C(Cl)C1=O. The van der Waals surface area contributed by atoms with Gasteiger partial charge in [0, 0.05) is 5.57 Å². The average Bonchev–Trinajstić information content (AvgIpc) is 2.42. The predicted molar refractivity (Wildman–Crippen MR) is 83.3 cm³/mol. The maximum atomic E-state index is 12.2. The summed E-state index contributed by atoms with van der Waals surface area (Å²) in [6, 6.07) is 6.25. The molecule has 0 heterocycles. The number of ketones is 1. The number of rotatable bonds is 2. The topological polar surface area (TPSA) is 63.6 Å². The molecule has 0 aliphatic heterocycles. The Labute approximate surface area is 132 Å². The number of hydrogen-bond donors (Lipinski definition) is 0. The molecule has 0 radical (unpaired) electrons. The number of benzene rings is 1. The van der Waals surface area contributed by atoms with Crippen molar-refractivity contribution in [2.75, 3.05) is 0 Å². The molecular weight excluding hydrogens is 333 g/mol. The second-order valence-corrected chi connectivity index (χ2v) is 6.91. The molecule has 0 N–H and O–H groups in total. The first kappa shape index (κ1) is 15.9. The van der Waals surface area contributed by atoms with Gasteiger partial charge in [0.05, 0.1) is 15.6 Å². The molecule has 1 aliphatic carbocycles. The molecule has 110 valence electrons. The molecular formula is C14H11Cl2NO3S. The summed E-state index contributed by atoms with van der Waals surface area (Å²) >= 11 is 11.7. The number of halogens is 2. The molecule has 1 aromatic carbocycles. The Balaban J connectivity index is 2.52. The van der Waals surface area contributed by atoms with E-state index in [0.29, 0.717) is 0 Å². The van der Waals surface area contributed by atoms with Crippen molar-refractivity contribution in [1.29, 1.82) is 0 Å². The zero-order valence-corrected chi connectivity index (χ0v) is 13.6. The fraction of sp³-hybridized carbons (Fsp3) is 0.143. The van der Waals surface area contributed by atoms with E-state index in [4.69, 9.17) is 23.2 Å². The van der Waals surface area contributed by atoms with Crippen LogP contribution in [0, 0.1) is 6.92 Å². The van der Waals surface area contributed by atoms with Crippen molar-refractivity contribution < 1.29 is 13.2 Å². The monoisotopic (exact) mass is 343 g/mol. The van der Waals surface area contributed by atoms with Gasteiger partial charge in [0.2, 0.25) is 5.78 Å². The Kier molecular flexibility index (Phi) is 4.37. The minimum Gasteiger partial charge on any atom is -0.288 e. The maximum absolute atomic E-state index is 12.2. The highest BCUT2D eigenvalue weighted by molar-refractivity contribution is 7.90. The van der Waals surface area contributed by atoms with Crippen LogP contribution in [-0.2, 0) is 14.8 Å². The molecule has 1 aromatic rings. The molecule has 0 saturated carbocycles. The third kappa shape index (κ3) is 3.26. The zero-order chi connectivity index (χ0) is 15.8. The number of carbonyl (C=O) groups excluding carboxylic acids is 1. The molecule has 0 bridgehead atoms. The molecule has 2 rings (SSSR count). The Morgan fingerprint density at radius 3 is 2.14 bits per heavy atom. The van der Waals surface area contributed by atoms with Gasteiger partial charge in [-0.05, 0) is 32.1 Å². The van der Waals surface area contributed by atoms with E-state index >= 15 is 0 Å². The molecule has 0 saturated heterocycles. The second kappa shape index (κ2) is 5.75. The summed E-state index contributed by atoms with van der Waals surface area (Å²) in [4.78, 5) is 11.7. The Hall–Kier alpha value is -1.43. The Bertz CT molecular complexity index is 803. The molecule has 7 heteroatoms. The van der Waals surface area contributed by atoms with Crippen molar-refractivity contribution in [3.05, 3.63) is 51.5 Å². The number of sulfonamides is 1. The Morgan fingerprint density at radius 1 is 1.00 bits per heavy atom. The third-order valence-corrected chi connectivity index (χ3v) is 5.01. The van der Waals surface area contributed by atoms with E-state index in [1.807, 2.05) is 6.92 Å². The molecule has 21 heavy (non-hydrogen) atoms. The van der Waals surface area contributed by atoms with Crippen LogP contribution in [0.4, 0.5) is 0 Å². The summed E-state index contributed by atoms with van der Waals surface area (Å²) in [5.41, 5.74) is 1.17. The van der Waals surface area contributed by atoms with Crippen LogP contribution < -0.4 is 0 Å². The minimum absolute atomic E-state index is 0.0423. The van der Waals surface area contributed by atoms with Crippen molar-refractivity contribution >= 4 is 44.7 Å².